The molecule has 0 heterocycles. The summed E-state index contributed by atoms with van der Waals surface area (Å²) in [6.45, 7) is 15.9. The first-order valence-corrected chi connectivity index (χ1v) is 21.8. The van der Waals surface area contributed by atoms with Gasteiger partial charge in [-0.1, -0.05) is 63.5 Å². The summed E-state index contributed by atoms with van der Waals surface area (Å²) in [4.78, 5) is 71.7. The van der Waals surface area contributed by atoms with Crippen LogP contribution in [0.15, 0.2) is 24.3 Å². The molecular formula is C45H80N2O12. The van der Waals surface area contributed by atoms with Crippen LogP contribution >= 0.6 is 0 Å². The number of ether oxygens (including phenoxy) is 4. The molecule has 0 aliphatic heterocycles. The summed E-state index contributed by atoms with van der Waals surface area (Å²) in [5.41, 5.74) is -1.05. The van der Waals surface area contributed by atoms with E-state index in [-0.39, 0.29) is 30.5 Å². The Balaban J connectivity index is 0. The van der Waals surface area contributed by atoms with Gasteiger partial charge in [0.2, 0.25) is 0 Å². The van der Waals surface area contributed by atoms with E-state index in [1.165, 1.54) is 13.2 Å². The zero-order valence-corrected chi connectivity index (χ0v) is 37.9. The molecule has 0 radical (unpaired) electrons. The summed E-state index contributed by atoms with van der Waals surface area (Å²) >= 11 is 0. The van der Waals surface area contributed by atoms with Crippen molar-refractivity contribution in [3.63, 3.8) is 0 Å². The average Bonchev–Trinajstić information content (AvgIpc) is 3.13. The number of allylic oxidation sites excluding steroid dienone is 2. The van der Waals surface area contributed by atoms with Gasteiger partial charge < -0.3 is 39.0 Å². The smallest absolute Gasteiger partial charge is 0.410 e. The molecule has 14 heteroatoms. The van der Waals surface area contributed by atoms with Crippen LogP contribution in [-0.2, 0) is 38.1 Å². The molecule has 0 unspecified atom stereocenters. The summed E-state index contributed by atoms with van der Waals surface area (Å²) in [5, 5.41) is 17.2. The Morgan fingerprint density at radius 1 is 0.525 bits per heavy atom. The van der Waals surface area contributed by atoms with Crippen LogP contribution in [0.2, 0.25) is 0 Å². The number of carbonyl (C=O) groups excluding carboxylic acids is 4. The van der Waals surface area contributed by atoms with Gasteiger partial charge in [-0.25, -0.2) is 19.2 Å². The molecule has 0 fully saturated rings. The van der Waals surface area contributed by atoms with Gasteiger partial charge in [0, 0.05) is 51.2 Å². The van der Waals surface area contributed by atoms with Gasteiger partial charge in [-0.15, -0.1) is 0 Å². The number of hydrogen-bond donors (Lipinski definition) is 2. The van der Waals surface area contributed by atoms with Gasteiger partial charge in [-0.05, 0) is 113 Å². The quantitative estimate of drug-likeness (QED) is 0.0292. The van der Waals surface area contributed by atoms with Crippen LogP contribution < -0.4 is 0 Å². The molecule has 0 spiro atoms. The van der Waals surface area contributed by atoms with Crippen molar-refractivity contribution in [2.45, 2.75) is 188 Å². The second-order valence-electron chi connectivity index (χ2n) is 16.5. The van der Waals surface area contributed by atoms with Gasteiger partial charge in [0.1, 0.15) is 11.2 Å². The molecule has 2 N–H and O–H groups in total. The fraction of sp³-hybridized carbons (Fsp3) is 0.778. The number of hydrogen-bond acceptors (Lipinski definition) is 10. The third kappa shape index (κ3) is 41.8. The first-order valence-electron chi connectivity index (χ1n) is 21.8. The van der Waals surface area contributed by atoms with Gasteiger partial charge >= 0.3 is 36.1 Å². The Kier molecular flexibility index (Phi) is 34.6. The number of esters is 2. The highest BCUT2D eigenvalue weighted by molar-refractivity contribution is 5.81. The fourth-order valence-corrected chi connectivity index (χ4v) is 5.59. The Labute approximate surface area is 355 Å². The maximum atomic E-state index is 12.5. The lowest BCUT2D eigenvalue weighted by atomic mass is 10.1. The Morgan fingerprint density at radius 3 is 1.27 bits per heavy atom. The number of carbonyl (C=O) groups is 6. The van der Waals surface area contributed by atoms with Crippen LogP contribution in [0.5, 0.6) is 0 Å². The molecule has 0 bridgehead atoms. The van der Waals surface area contributed by atoms with E-state index in [2.05, 4.69) is 4.74 Å². The average molecular weight is 841 g/mol. The molecule has 59 heavy (non-hydrogen) atoms. The Bertz CT molecular complexity index is 1220. The third-order valence-electron chi connectivity index (χ3n) is 8.56. The van der Waals surface area contributed by atoms with E-state index >= 15 is 0 Å². The number of carboxylic acid groups (broad SMARTS) is 2. The van der Waals surface area contributed by atoms with Crippen molar-refractivity contribution in [1.82, 2.24) is 9.80 Å². The SMILES string of the molecule is CC(C)(C)OC(=O)N(CCCCC/C=C/C(=O)O)CCCCCCCC(=O)O.CCOC(=O)/C=C/CCCCCN(CCCCCCCC(=O)OC)C(=O)OC(C)(C)C. The van der Waals surface area contributed by atoms with Crippen LogP contribution in [0.4, 0.5) is 9.59 Å². The van der Waals surface area contributed by atoms with Gasteiger partial charge in [-0.3, -0.25) is 9.59 Å². The van der Waals surface area contributed by atoms with Crippen molar-refractivity contribution in [2.75, 3.05) is 39.9 Å². The van der Waals surface area contributed by atoms with E-state index < -0.39 is 23.1 Å². The number of methoxy groups -OCH3 is 1. The minimum Gasteiger partial charge on any atom is -0.481 e. The monoisotopic (exact) mass is 841 g/mol. The van der Waals surface area contributed by atoms with E-state index in [1.807, 2.05) is 47.6 Å². The largest absolute Gasteiger partial charge is 0.481 e. The number of rotatable bonds is 31. The Morgan fingerprint density at radius 2 is 0.898 bits per heavy atom. The molecular weight excluding hydrogens is 760 g/mol. The van der Waals surface area contributed by atoms with Crippen molar-refractivity contribution in [2.24, 2.45) is 0 Å². The highest BCUT2D eigenvalue weighted by atomic mass is 16.6. The fourth-order valence-electron chi connectivity index (χ4n) is 5.59. The van der Waals surface area contributed by atoms with E-state index in [0.29, 0.717) is 45.6 Å². The predicted molar refractivity (Wildman–Crippen MR) is 230 cm³/mol. The summed E-state index contributed by atoms with van der Waals surface area (Å²) in [6.07, 6.45) is 22.4. The van der Waals surface area contributed by atoms with Crippen LogP contribution in [0.1, 0.15) is 177 Å². The molecule has 0 saturated carbocycles. The van der Waals surface area contributed by atoms with E-state index in [4.69, 9.17) is 24.4 Å². The highest BCUT2D eigenvalue weighted by Crippen LogP contribution is 2.15. The van der Waals surface area contributed by atoms with Gasteiger partial charge in [-0.2, -0.15) is 0 Å². The second-order valence-corrected chi connectivity index (χ2v) is 16.5. The van der Waals surface area contributed by atoms with Gasteiger partial charge in [0.15, 0.2) is 0 Å². The number of carboxylic acids is 2. The van der Waals surface area contributed by atoms with Crippen molar-refractivity contribution < 1.29 is 57.9 Å². The minimum absolute atomic E-state index is 0.160. The third-order valence-corrected chi connectivity index (χ3v) is 8.56. The molecule has 0 aromatic rings. The zero-order valence-electron chi connectivity index (χ0n) is 37.9. The van der Waals surface area contributed by atoms with Gasteiger partial charge in [0.25, 0.3) is 0 Å². The van der Waals surface area contributed by atoms with Gasteiger partial charge in [0.05, 0.1) is 13.7 Å². The summed E-state index contributed by atoms with van der Waals surface area (Å²) in [7, 11) is 1.41. The summed E-state index contributed by atoms with van der Waals surface area (Å²) in [6, 6.07) is 0. The number of nitrogens with zero attached hydrogens (tertiary/aromatic N) is 2. The van der Waals surface area contributed by atoms with Crippen LogP contribution in [0.25, 0.3) is 0 Å². The van der Waals surface area contributed by atoms with E-state index in [9.17, 15) is 28.8 Å². The molecule has 0 aliphatic rings. The summed E-state index contributed by atoms with van der Waals surface area (Å²) in [5.74, 6) is -2.15. The lowest BCUT2D eigenvalue weighted by molar-refractivity contribution is -0.141. The van der Waals surface area contributed by atoms with Crippen molar-refractivity contribution in [3.8, 4) is 0 Å². The molecule has 342 valence electrons. The molecule has 0 aromatic carbocycles. The topological polar surface area (TPSA) is 186 Å². The maximum Gasteiger partial charge on any atom is 0.410 e. The molecule has 14 nitrogen and oxygen atoms in total. The van der Waals surface area contributed by atoms with Crippen molar-refractivity contribution >= 4 is 36.1 Å². The first kappa shape index (κ1) is 57.0. The zero-order chi connectivity index (χ0) is 45.0. The first-order chi connectivity index (χ1) is 27.8. The standard InChI is InChI=1S/C24H43NO6.C21H37NO6/c1-6-30-22(27)18-14-10-8-12-16-20-25(23(28)31-24(2,3)4)19-15-11-7-9-13-17-21(26)29-5;1-21(2,3)28-20(27)22(16-12-8-4-6-10-14-18(23)24)17-13-9-5-7-11-15-19(25)26/h14,18H,6-13,15-17,19-20H2,1-5H3;10,14H,4-9,11-13,15-17H2,1-3H3,(H,23,24)(H,25,26)/b18-14+;14-10+. The lowest BCUT2D eigenvalue weighted by Gasteiger charge is -2.27. The minimum atomic E-state index is -0.931. The van der Waals surface area contributed by atoms with Crippen LogP contribution in [0, 0.1) is 0 Å². The van der Waals surface area contributed by atoms with E-state index in [0.717, 1.165) is 115 Å². The molecule has 0 aromatic heterocycles. The van der Waals surface area contributed by atoms with Crippen LogP contribution in [-0.4, -0.2) is 107 Å². The van der Waals surface area contributed by atoms with E-state index in [1.54, 1.807) is 22.8 Å². The normalized spacial score (nSPS) is 11.5. The molecule has 2 amide bonds. The molecule has 0 rings (SSSR count). The van der Waals surface area contributed by atoms with Crippen molar-refractivity contribution in [3.05, 3.63) is 24.3 Å². The summed E-state index contributed by atoms with van der Waals surface area (Å²) < 4.78 is 20.5. The number of amides is 2. The number of aliphatic carboxylic acids is 2. The predicted octanol–water partition coefficient (Wildman–Crippen LogP) is 10.3. The second kappa shape index (κ2) is 35.8. The number of unbranched alkanes of at least 4 members (excludes halogenated alkanes) is 14. The maximum absolute atomic E-state index is 12.5. The highest BCUT2D eigenvalue weighted by Gasteiger charge is 2.22. The Hall–Kier alpha value is -4.10. The lowest BCUT2D eigenvalue weighted by Crippen LogP contribution is -2.38. The van der Waals surface area contributed by atoms with Crippen molar-refractivity contribution in [1.29, 1.82) is 0 Å². The molecule has 0 saturated heterocycles. The van der Waals surface area contributed by atoms with Crippen LogP contribution in [0.3, 0.4) is 0 Å². The molecule has 0 aliphatic carbocycles. The molecule has 0 atom stereocenters.